The van der Waals surface area contributed by atoms with E-state index in [-0.39, 0.29) is 24.1 Å². The minimum absolute atomic E-state index is 0.0101. The van der Waals surface area contributed by atoms with Crippen molar-refractivity contribution in [2.24, 2.45) is 0 Å². The maximum absolute atomic E-state index is 12.5. The first-order valence-electron chi connectivity index (χ1n) is 7.27. The Labute approximate surface area is 135 Å². The minimum Gasteiger partial charge on any atom is -0.370 e. The predicted octanol–water partition coefficient (Wildman–Crippen LogP) is 3.03. The molecule has 4 nitrogen and oxygen atoms in total. The van der Waals surface area contributed by atoms with E-state index in [1.54, 1.807) is 16.2 Å². The van der Waals surface area contributed by atoms with Crippen LogP contribution >= 0.6 is 22.9 Å². The summed E-state index contributed by atoms with van der Waals surface area (Å²) in [4.78, 5) is 17.6. The molecule has 0 spiro atoms. The molecule has 2 heterocycles. The topological polar surface area (TPSA) is 32.8 Å². The molecule has 118 valence electrons. The molecular weight excluding hydrogens is 308 g/mol. The molecule has 1 aromatic heterocycles. The molecular formula is C15H23ClN2O2S. The molecule has 21 heavy (non-hydrogen) atoms. The van der Waals surface area contributed by atoms with Crippen LogP contribution in [0.3, 0.4) is 0 Å². The van der Waals surface area contributed by atoms with E-state index < -0.39 is 0 Å². The van der Waals surface area contributed by atoms with Crippen LogP contribution in [0.4, 0.5) is 0 Å². The van der Waals surface area contributed by atoms with Crippen LogP contribution in [0.15, 0.2) is 12.1 Å². The van der Waals surface area contributed by atoms with Crippen LogP contribution in [-0.2, 0) is 9.53 Å². The van der Waals surface area contributed by atoms with Crippen molar-refractivity contribution in [3.8, 4) is 0 Å². The standard InChI is InChI=1S/C15H23ClN2O2S/c1-10(2)17(4)15(19)11(3)18-7-8-20-12(9-18)13-5-6-14(16)21-13/h5-6,10-12H,7-9H2,1-4H3/t11-,12+/m0/s1. The Balaban J connectivity index is 2.02. The minimum atomic E-state index is -0.126. The van der Waals surface area contributed by atoms with Crippen LogP contribution in [-0.4, -0.2) is 54.5 Å². The van der Waals surface area contributed by atoms with E-state index in [0.29, 0.717) is 6.61 Å². The van der Waals surface area contributed by atoms with Crippen molar-refractivity contribution in [3.63, 3.8) is 0 Å². The number of ether oxygens (including phenoxy) is 1. The fourth-order valence-electron chi connectivity index (χ4n) is 2.40. The van der Waals surface area contributed by atoms with Crippen molar-refractivity contribution in [2.45, 2.75) is 39.0 Å². The molecule has 1 aliphatic heterocycles. The van der Waals surface area contributed by atoms with Crippen LogP contribution in [0.25, 0.3) is 0 Å². The summed E-state index contributed by atoms with van der Waals surface area (Å²) < 4.78 is 6.60. The predicted molar refractivity (Wildman–Crippen MR) is 87.0 cm³/mol. The van der Waals surface area contributed by atoms with Gasteiger partial charge in [-0.2, -0.15) is 0 Å². The van der Waals surface area contributed by atoms with Gasteiger partial charge in [-0.05, 0) is 32.9 Å². The van der Waals surface area contributed by atoms with E-state index >= 15 is 0 Å². The Morgan fingerprint density at radius 1 is 1.48 bits per heavy atom. The van der Waals surface area contributed by atoms with Crippen LogP contribution in [0.5, 0.6) is 0 Å². The number of halogens is 1. The lowest BCUT2D eigenvalue weighted by atomic mass is 10.1. The zero-order valence-corrected chi connectivity index (χ0v) is 14.6. The summed E-state index contributed by atoms with van der Waals surface area (Å²) >= 11 is 7.54. The van der Waals surface area contributed by atoms with Gasteiger partial charge in [0.2, 0.25) is 5.91 Å². The van der Waals surface area contributed by atoms with Gasteiger partial charge in [-0.3, -0.25) is 9.69 Å². The summed E-state index contributed by atoms with van der Waals surface area (Å²) in [6.07, 6.45) is 0.0101. The van der Waals surface area contributed by atoms with Crippen molar-refractivity contribution >= 4 is 28.8 Å². The fourth-order valence-corrected chi connectivity index (χ4v) is 3.50. The molecule has 0 N–H and O–H groups in total. The quantitative estimate of drug-likeness (QED) is 0.850. The maximum atomic E-state index is 12.5. The van der Waals surface area contributed by atoms with Crippen molar-refractivity contribution in [1.82, 2.24) is 9.80 Å². The van der Waals surface area contributed by atoms with E-state index in [1.807, 2.05) is 40.0 Å². The second kappa shape index (κ2) is 7.09. The first kappa shape index (κ1) is 16.7. The maximum Gasteiger partial charge on any atom is 0.239 e. The lowest BCUT2D eigenvalue weighted by Gasteiger charge is -2.37. The first-order valence-corrected chi connectivity index (χ1v) is 8.47. The average molecular weight is 331 g/mol. The zero-order chi connectivity index (χ0) is 15.6. The Hall–Kier alpha value is -0.620. The summed E-state index contributed by atoms with van der Waals surface area (Å²) in [5.41, 5.74) is 0. The van der Waals surface area contributed by atoms with Gasteiger partial charge in [0.05, 0.1) is 17.0 Å². The lowest BCUT2D eigenvalue weighted by Crippen LogP contribution is -2.51. The molecule has 0 radical (unpaired) electrons. The number of hydrogen-bond acceptors (Lipinski definition) is 4. The number of nitrogens with zero attached hydrogens (tertiary/aromatic N) is 2. The Kier molecular flexibility index (Phi) is 5.66. The number of likely N-dealkylation sites (N-methyl/N-ethyl adjacent to an activating group) is 1. The highest BCUT2D eigenvalue weighted by Crippen LogP contribution is 2.31. The third-order valence-corrected chi connectivity index (χ3v) is 5.36. The molecule has 0 bridgehead atoms. The summed E-state index contributed by atoms with van der Waals surface area (Å²) in [6.45, 7) is 8.19. The van der Waals surface area contributed by atoms with Crippen molar-refractivity contribution in [1.29, 1.82) is 0 Å². The number of rotatable bonds is 4. The van der Waals surface area contributed by atoms with Gasteiger partial charge < -0.3 is 9.64 Å². The average Bonchev–Trinajstić information content (AvgIpc) is 2.91. The van der Waals surface area contributed by atoms with E-state index in [9.17, 15) is 4.79 Å². The second-order valence-corrected chi connectivity index (χ2v) is 7.46. The van der Waals surface area contributed by atoms with E-state index in [2.05, 4.69) is 4.90 Å². The molecule has 0 saturated carbocycles. The lowest BCUT2D eigenvalue weighted by molar-refractivity contribution is -0.139. The molecule has 1 amide bonds. The molecule has 1 fully saturated rings. The number of hydrogen-bond donors (Lipinski definition) is 0. The zero-order valence-electron chi connectivity index (χ0n) is 13.0. The van der Waals surface area contributed by atoms with Gasteiger partial charge in [-0.15, -0.1) is 11.3 Å². The van der Waals surface area contributed by atoms with E-state index in [4.69, 9.17) is 16.3 Å². The molecule has 0 aliphatic carbocycles. The molecule has 1 aromatic rings. The summed E-state index contributed by atoms with van der Waals surface area (Å²) in [5.74, 6) is 0.162. The molecule has 0 unspecified atom stereocenters. The van der Waals surface area contributed by atoms with Gasteiger partial charge in [0.15, 0.2) is 0 Å². The fraction of sp³-hybridized carbons (Fsp3) is 0.667. The molecule has 0 aromatic carbocycles. The molecule has 2 atom stereocenters. The van der Waals surface area contributed by atoms with E-state index in [1.165, 1.54) is 0 Å². The third-order valence-electron chi connectivity index (χ3n) is 4.04. The Bertz CT molecular complexity index is 492. The second-order valence-electron chi connectivity index (χ2n) is 5.72. The summed E-state index contributed by atoms with van der Waals surface area (Å²) in [5, 5.41) is 0. The normalized spacial score (nSPS) is 21.5. The highest BCUT2D eigenvalue weighted by Gasteiger charge is 2.31. The third kappa shape index (κ3) is 3.97. The first-order chi connectivity index (χ1) is 9.90. The summed E-state index contributed by atoms with van der Waals surface area (Å²) in [7, 11) is 1.86. The Morgan fingerprint density at radius 2 is 2.19 bits per heavy atom. The van der Waals surface area contributed by atoms with Crippen LogP contribution in [0.1, 0.15) is 31.8 Å². The van der Waals surface area contributed by atoms with Gasteiger partial charge in [0.25, 0.3) is 0 Å². The monoisotopic (exact) mass is 330 g/mol. The number of carbonyl (C=O) groups is 1. The van der Waals surface area contributed by atoms with Gasteiger partial charge in [0, 0.05) is 31.1 Å². The largest absolute Gasteiger partial charge is 0.370 e. The molecule has 2 rings (SSSR count). The highest BCUT2D eigenvalue weighted by molar-refractivity contribution is 7.16. The van der Waals surface area contributed by atoms with Crippen molar-refractivity contribution in [2.75, 3.05) is 26.7 Å². The van der Waals surface area contributed by atoms with Crippen LogP contribution in [0.2, 0.25) is 4.34 Å². The number of amides is 1. The van der Waals surface area contributed by atoms with Gasteiger partial charge >= 0.3 is 0 Å². The number of thiophene rings is 1. The summed E-state index contributed by atoms with van der Waals surface area (Å²) in [6, 6.07) is 3.99. The Morgan fingerprint density at radius 3 is 2.76 bits per heavy atom. The van der Waals surface area contributed by atoms with Gasteiger partial charge in [-0.1, -0.05) is 11.6 Å². The van der Waals surface area contributed by atoms with E-state index in [0.717, 1.165) is 22.3 Å². The smallest absolute Gasteiger partial charge is 0.239 e. The molecule has 6 heteroatoms. The highest BCUT2D eigenvalue weighted by atomic mass is 35.5. The van der Waals surface area contributed by atoms with Crippen molar-refractivity contribution in [3.05, 3.63) is 21.3 Å². The van der Waals surface area contributed by atoms with Gasteiger partial charge in [0.1, 0.15) is 6.10 Å². The van der Waals surface area contributed by atoms with Crippen LogP contribution < -0.4 is 0 Å². The SMILES string of the molecule is CC(C)N(C)C(=O)[C@H](C)N1CCO[C@@H](c2ccc(Cl)s2)C1. The van der Waals surface area contributed by atoms with Crippen LogP contribution in [0, 0.1) is 0 Å². The molecule has 1 saturated heterocycles. The number of carbonyl (C=O) groups excluding carboxylic acids is 1. The van der Waals surface area contributed by atoms with Gasteiger partial charge in [-0.25, -0.2) is 0 Å². The van der Waals surface area contributed by atoms with Crippen molar-refractivity contribution < 1.29 is 9.53 Å². The number of morpholine rings is 1. The molecule has 1 aliphatic rings.